The topological polar surface area (TPSA) is 85.4 Å². The van der Waals surface area contributed by atoms with Crippen LogP contribution in [0.25, 0.3) is 10.9 Å². The van der Waals surface area contributed by atoms with Gasteiger partial charge in [-0.1, -0.05) is 51.8 Å². The van der Waals surface area contributed by atoms with Gasteiger partial charge < -0.3 is 10.1 Å². The molecule has 0 aliphatic rings. The van der Waals surface area contributed by atoms with Gasteiger partial charge in [-0.3, -0.25) is 19.4 Å². The maximum Gasteiger partial charge on any atom is 0.306 e. The van der Waals surface area contributed by atoms with Crippen molar-refractivity contribution in [1.82, 2.24) is 4.98 Å². The van der Waals surface area contributed by atoms with Crippen LogP contribution in [0.4, 0.5) is 5.69 Å². The van der Waals surface area contributed by atoms with Crippen LogP contribution in [0.15, 0.2) is 59.2 Å². The summed E-state index contributed by atoms with van der Waals surface area (Å²) in [6.45, 7) is 1.58. The molecule has 3 aromatic rings. The first-order valence-electron chi connectivity index (χ1n) is 9.02. The van der Waals surface area contributed by atoms with Crippen molar-refractivity contribution in [2.75, 3.05) is 11.9 Å². The molecule has 0 unspecified atom stereocenters. The van der Waals surface area contributed by atoms with E-state index in [0.717, 1.165) is 15.4 Å². The highest BCUT2D eigenvalue weighted by Crippen LogP contribution is 2.28. The number of carbonyl (C=O) groups excluding carboxylic acids is 3. The molecule has 7 heteroatoms. The van der Waals surface area contributed by atoms with Crippen molar-refractivity contribution in [3.05, 3.63) is 70.3 Å². The van der Waals surface area contributed by atoms with E-state index in [9.17, 15) is 14.4 Å². The summed E-state index contributed by atoms with van der Waals surface area (Å²) in [6.07, 6.45) is 1.48. The molecule has 1 aromatic heterocycles. The van der Waals surface area contributed by atoms with Crippen molar-refractivity contribution < 1.29 is 19.1 Å². The average molecular weight is 455 g/mol. The highest BCUT2D eigenvalue weighted by atomic mass is 79.9. The number of benzene rings is 2. The van der Waals surface area contributed by atoms with Crippen molar-refractivity contribution >= 4 is 50.2 Å². The second-order valence-corrected chi connectivity index (χ2v) is 7.35. The lowest BCUT2D eigenvalue weighted by Gasteiger charge is -2.09. The molecule has 1 amide bonds. The fourth-order valence-electron chi connectivity index (χ4n) is 2.71. The molecule has 6 nitrogen and oxygen atoms in total. The Bertz CT molecular complexity index is 1060. The largest absolute Gasteiger partial charge is 0.457 e. The first kappa shape index (κ1) is 20.7. The number of pyridine rings is 1. The number of halogens is 1. The fourth-order valence-corrected chi connectivity index (χ4v) is 3.16. The van der Waals surface area contributed by atoms with Crippen LogP contribution in [-0.2, 0) is 14.3 Å². The number of fused-ring (bicyclic) bond motifs is 1. The highest BCUT2D eigenvalue weighted by Gasteiger charge is 2.13. The van der Waals surface area contributed by atoms with Crippen LogP contribution in [0.1, 0.15) is 28.8 Å². The third kappa shape index (κ3) is 5.48. The van der Waals surface area contributed by atoms with Crippen molar-refractivity contribution in [2.45, 2.75) is 19.8 Å². The maximum atomic E-state index is 12.2. The average Bonchev–Trinajstić information content (AvgIpc) is 2.73. The summed E-state index contributed by atoms with van der Waals surface area (Å²) >= 11 is 3.45. The molecule has 0 aliphatic carbocycles. The van der Waals surface area contributed by atoms with Crippen LogP contribution in [0, 0.1) is 6.92 Å². The molecule has 0 radical (unpaired) electrons. The van der Waals surface area contributed by atoms with Crippen LogP contribution in [0.5, 0.6) is 0 Å². The van der Waals surface area contributed by atoms with E-state index in [4.69, 9.17) is 4.74 Å². The van der Waals surface area contributed by atoms with E-state index in [1.807, 2.05) is 37.3 Å². The zero-order valence-corrected chi connectivity index (χ0v) is 17.4. The molecule has 2 aromatic carbocycles. The van der Waals surface area contributed by atoms with Gasteiger partial charge in [-0.25, -0.2) is 0 Å². The molecular weight excluding hydrogens is 436 g/mol. The number of aryl methyl sites for hydroxylation is 1. The molecular formula is C22H19BrN2O4. The van der Waals surface area contributed by atoms with Crippen LogP contribution in [-0.4, -0.2) is 29.3 Å². The number of rotatable bonds is 7. The molecule has 1 N–H and O–H groups in total. The van der Waals surface area contributed by atoms with E-state index in [0.29, 0.717) is 16.8 Å². The minimum absolute atomic E-state index is 0.0536. The summed E-state index contributed by atoms with van der Waals surface area (Å²) in [5, 5.41) is 3.64. The van der Waals surface area contributed by atoms with Gasteiger partial charge in [0.05, 0.1) is 17.6 Å². The van der Waals surface area contributed by atoms with Gasteiger partial charge in [0.2, 0.25) is 5.91 Å². The third-order valence-corrected chi connectivity index (χ3v) is 4.98. The predicted octanol–water partition coefficient (Wildman–Crippen LogP) is 4.45. The van der Waals surface area contributed by atoms with E-state index >= 15 is 0 Å². The normalized spacial score (nSPS) is 10.6. The van der Waals surface area contributed by atoms with E-state index in [1.54, 1.807) is 24.4 Å². The van der Waals surface area contributed by atoms with Gasteiger partial charge in [-0.15, -0.1) is 0 Å². The van der Waals surface area contributed by atoms with Crippen LogP contribution in [0.2, 0.25) is 0 Å². The number of hydrogen-bond donors (Lipinski definition) is 1. The minimum Gasteiger partial charge on any atom is -0.457 e. The fraction of sp³-hybridized carbons (Fsp3) is 0.182. The molecule has 0 fully saturated rings. The lowest BCUT2D eigenvalue weighted by Crippen LogP contribution is -2.17. The monoisotopic (exact) mass is 454 g/mol. The Balaban J connectivity index is 1.49. The molecule has 0 atom stereocenters. The Morgan fingerprint density at radius 2 is 1.79 bits per heavy atom. The number of anilines is 1. The van der Waals surface area contributed by atoms with Gasteiger partial charge in [-0.2, -0.15) is 0 Å². The number of Topliss-reactive ketones (excluding diaryl/α,β-unsaturated/α-hetero) is 1. The SMILES string of the molecule is Cc1ccc(C(=O)COC(=O)CCC(=O)Nc2ccc(Br)c3cccnc23)cc1. The number of hydrogen-bond acceptors (Lipinski definition) is 5. The Hall–Kier alpha value is -3.06. The molecule has 0 aliphatic heterocycles. The van der Waals surface area contributed by atoms with Crippen LogP contribution < -0.4 is 5.32 Å². The zero-order valence-electron chi connectivity index (χ0n) is 15.8. The molecule has 0 saturated heterocycles. The molecule has 148 valence electrons. The van der Waals surface area contributed by atoms with E-state index < -0.39 is 5.97 Å². The van der Waals surface area contributed by atoms with Crippen LogP contribution >= 0.6 is 15.9 Å². The molecule has 29 heavy (non-hydrogen) atoms. The maximum absolute atomic E-state index is 12.2. The van der Waals surface area contributed by atoms with Crippen molar-refractivity contribution in [2.24, 2.45) is 0 Å². The van der Waals surface area contributed by atoms with Gasteiger partial charge >= 0.3 is 5.97 Å². The van der Waals surface area contributed by atoms with Crippen molar-refractivity contribution in [3.63, 3.8) is 0 Å². The van der Waals surface area contributed by atoms with E-state index in [1.165, 1.54) is 0 Å². The second-order valence-electron chi connectivity index (χ2n) is 6.49. The number of carbonyl (C=O) groups is 3. The Morgan fingerprint density at radius 3 is 2.55 bits per heavy atom. The summed E-state index contributed by atoms with van der Waals surface area (Å²) in [4.78, 5) is 40.4. The molecule has 0 bridgehead atoms. The molecule has 1 heterocycles. The quantitative estimate of drug-likeness (QED) is 0.420. The first-order valence-corrected chi connectivity index (χ1v) is 9.82. The molecule has 0 spiro atoms. The Kier molecular flexibility index (Phi) is 6.72. The standard InChI is InChI=1S/C22H19BrN2O4/c1-14-4-6-15(7-5-14)19(26)13-29-21(28)11-10-20(27)25-18-9-8-17(23)16-3-2-12-24-22(16)18/h2-9,12H,10-11,13H2,1H3,(H,25,27). The molecule has 3 rings (SSSR count). The number of esters is 1. The third-order valence-electron chi connectivity index (χ3n) is 4.28. The summed E-state index contributed by atoms with van der Waals surface area (Å²) in [6, 6.07) is 14.3. The van der Waals surface area contributed by atoms with Crippen molar-refractivity contribution in [1.29, 1.82) is 0 Å². The number of aromatic nitrogens is 1. The number of nitrogens with one attached hydrogen (secondary N) is 1. The lowest BCUT2D eigenvalue weighted by atomic mass is 10.1. The summed E-state index contributed by atoms with van der Waals surface area (Å²) in [5.41, 5.74) is 2.74. The van der Waals surface area contributed by atoms with Gasteiger partial charge in [-0.05, 0) is 25.1 Å². The lowest BCUT2D eigenvalue weighted by molar-refractivity contribution is -0.143. The van der Waals surface area contributed by atoms with Gasteiger partial charge in [0, 0.05) is 28.0 Å². The first-order chi connectivity index (χ1) is 13.9. The Labute approximate surface area is 176 Å². The van der Waals surface area contributed by atoms with Crippen LogP contribution in [0.3, 0.4) is 0 Å². The molecule has 0 saturated carbocycles. The number of ether oxygens (including phenoxy) is 1. The minimum atomic E-state index is -0.598. The summed E-state index contributed by atoms with van der Waals surface area (Å²) < 4.78 is 5.86. The smallest absolute Gasteiger partial charge is 0.306 e. The predicted molar refractivity (Wildman–Crippen MR) is 114 cm³/mol. The van der Waals surface area contributed by atoms with E-state index in [-0.39, 0.29) is 31.1 Å². The number of ketones is 1. The number of amides is 1. The highest BCUT2D eigenvalue weighted by molar-refractivity contribution is 9.10. The summed E-state index contributed by atoms with van der Waals surface area (Å²) in [5.74, 6) is -1.21. The van der Waals surface area contributed by atoms with E-state index in [2.05, 4.69) is 26.2 Å². The summed E-state index contributed by atoms with van der Waals surface area (Å²) in [7, 11) is 0. The second kappa shape index (κ2) is 9.43. The van der Waals surface area contributed by atoms with Gasteiger partial charge in [0.1, 0.15) is 0 Å². The van der Waals surface area contributed by atoms with Gasteiger partial charge in [0.15, 0.2) is 12.4 Å². The Morgan fingerprint density at radius 1 is 1.03 bits per heavy atom. The van der Waals surface area contributed by atoms with Gasteiger partial charge in [0.25, 0.3) is 0 Å². The number of nitrogens with zero attached hydrogens (tertiary/aromatic N) is 1. The van der Waals surface area contributed by atoms with Crippen molar-refractivity contribution in [3.8, 4) is 0 Å². The zero-order chi connectivity index (χ0) is 20.8.